The maximum atomic E-state index is 11.7. The number of allylic oxidation sites excluding steroid dienone is 4. The van der Waals surface area contributed by atoms with Gasteiger partial charge in [-0.05, 0) is 36.5 Å². The van der Waals surface area contributed by atoms with E-state index in [9.17, 15) is 8.42 Å². The highest BCUT2D eigenvalue weighted by Crippen LogP contribution is 2.51. The maximum Gasteiger partial charge on any atom is 0.197 e. The number of hydrogen-bond donors (Lipinski definition) is 1. The summed E-state index contributed by atoms with van der Waals surface area (Å²) in [4.78, 5) is 0.397. The third-order valence-corrected chi connectivity index (χ3v) is 5.51. The predicted molar refractivity (Wildman–Crippen MR) is 67.7 cm³/mol. The lowest BCUT2D eigenvalue weighted by atomic mass is 9.90. The molecule has 94 valence electrons. The van der Waals surface area contributed by atoms with Crippen LogP contribution in [0.3, 0.4) is 0 Å². The molecule has 0 heterocycles. The van der Waals surface area contributed by atoms with Crippen molar-refractivity contribution in [3.8, 4) is 0 Å². The van der Waals surface area contributed by atoms with Crippen molar-refractivity contribution in [3.63, 3.8) is 0 Å². The first-order valence-corrected chi connectivity index (χ1v) is 7.48. The molecule has 1 N–H and O–H groups in total. The average molecular weight is 254 g/mol. The average Bonchev–Trinajstić information content (AvgIpc) is 2.87. The summed E-state index contributed by atoms with van der Waals surface area (Å²) in [5, 5.41) is 8.89. The van der Waals surface area contributed by atoms with E-state index >= 15 is 0 Å². The molecule has 4 unspecified atom stereocenters. The molecule has 2 rings (SSSR count). The van der Waals surface area contributed by atoms with E-state index in [1.165, 1.54) is 0 Å². The molecule has 0 aromatic carbocycles. The third-order valence-electron chi connectivity index (χ3n) is 4.07. The second-order valence-corrected chi connectivity index (χ2v) is 6.87. The molecule has 0 aromatic heterocycles. The minimum Gasteiger partial charge on any atom is -0.380 e. The van der Waals surface area contributed by atoms with Gasteiger partial charge in [0.25, 0.3) is 0 Å². The summed E-state index contributed by atoms with van der Waals surface area (Å²) in [6, 6.07) is 0. The Bertz CT molecular complexity index is 461. The molecule has 1 saturated carbocycles. The Hall–Kier alpha value is -0.870. The maximum absolute atomic E-state index is 11.7. The number of rotatable bonds is 4. The normalized spacial score (nSPS) is 36.4. The van der Waals surface area contributed by atoms with Crippen molar-refractivity contribution < 1.29 is 13.5 Å². The summed E-state index contributed by atoms with van der Waals surface area (Å²) in [6.07, 6.45) is 7.20. The Balaban J connectivity index is 2.30. The standard InChI is InChI=1S/C13H18O3S/c1-3-9-5-10(4-2)13-7-11(6-12(9)13)17(15,16)8-14/h3-4,6,9-10,12-14H,1-2,5,7-8H2. The van der Waals surface area contributed by atoms with Gasteiger partial charge < -0.3 is 5.11 Å². The molecular weight excluding hydrogens is 236 g/mol. The van der Waals surface area contributed by atoms with Crippen LogP contribution in [0, 0.1) is 23.7 Å². The summed E-state index contributed by atoms with van der Waals surface area (Å²) >= 11 is 0. The molecule has 0 aliphatic heterocycles. The molecule has 2 aliphatic carbocycles. The van der Waals surface area contributed by atoms with Crippen LogP contribution < -0.4 is 0 Å². The minimum atomic E-state index is -3.46. The second kappa shape index (κ2) is 4.42. The van der Waals surface area contributed by atoms with Crippen LogP contribution in [0.2, 0.25) is 0 Å². The van der Waals surface area contributed by atoms with Gasteiger partial charge in [0.1, 0.15) is 5.94 Å². The van der Waals surface area contributed by atoms with Gasteiger partial charge in [-0.15, -0.1) is 13.2 Å². The lowest BCUT2D eigenvalue weighted by Crippen LogP contribution is -2.11. The third kappa shape index (κ3) is 2.00. The Morgan fingerprint density at radius 2 is 2.00 bits per heavy atom. The Kier molecular flexibility index (Phi) is 3.27. The van der Waals surface area contributed by atoms with Gasteiger partial charge in [0.15, 0.2) is 9.84 Å². The Morgan fingerprint density at radius 1 is 1.35 bits per heavy atom. The molecule has 17 heavy (non-hydrogen) atoms. The van der Waals surface area contributed by atoms with Gasteiger partial charge in [0.05, 0.1) is 0 Å². The van der Waals surface area contributed by atoms with Gasteiger partial charge in [-0.1, -0.05) is 18.2 Å². The van der Waals surface area contributed by atoms with E-state index < -0.39 is 15.8 Å². The van der Waals surface area contributed by atoms with Crippen LogP contribution in [0.5, 0.6) is 0 Å². The first-order chi connectivity index (χ1) is 8.03. The summed E-state index contributed by atoms with van der Waals surface area (Å²) in [5.74, 6) is 0.439. The molecule has 4 heteroatoms. The van der Waals surface area contributed by atoms with Crippen molar-refractivity contribution >= 4 is 9.84 Å². The van der Waals surface area contributed by atoms with Gasteiger partial charge in [-0.3, -0.25) is 0 Å². The zero-order chi connectivity index (χ0) is 12.6. The molecule has 0 amide bonds. The summed E-state index contributed by atoms with van der Waals surface area (Å²) in [6.45, 7) is 7.64. The van der Waals surface area contributed by atoms with Crippen LogP contribution >= 0.6 is 0 Å². The molecule has 0 bridgehead atoms. The number of aliphatic hydroxyl groups excluding tert-OH is 1. The summed E-state index contributed by atoms with van der Waals surface area (Å²) in [7, 11) is -3.46. The predicted octanol–water partition coefficient (Wildman–Crippen LogP) is 1.88. The molecule has 2 aliphatic rings. The zero-order valence-electron chi connectivity index (χ0n) is 9.75. The first-order valence-electron chi connectivity index (χ1n) is 5.83. The molecule has 3 nitrogen and oxygen atoms in total. The fourth-order valence-electron chi connectivity index (χ4n) is 3.14. The van der Waals surface area contributed by atoms with E-state index in [4.69, 9.17) is 5.11 Å². The van der Waals surface area contributed by atoms with E-state index in [0.717, 1.165) is 6.42 Å². The van der Waals surface area contributed by atoms with E-state index in [2.05, 4.69) is 13.2 Å². The Morgan fingerprint density at radius 3 is 2.53 bits per heavy atom. The highest BCUT2D eigenvalue weighted by atomic mass is 32.2. The van der Waals surface area contributed by atoms with Crippen molar-refractivity contribution in [2.24, 2.45) is 23.7 Å². The van der Waals surface area contributed by atoms with Crippen LogP contribution in [-0.4, -0.2) is 19.5 Å². The van der Waals surface area contributed by atoms with E-state index in [1.807, 2.05) is 18.2 Å². The fraction of sp³-hybridized carbons (Fsp3) is 0.538. The van der Waals surface area contributed by atoms with Crippen LogP contribution in [0.1, 0.15) is 12.8 Å². The highest BCUT2D eigenvalue weighted by Gasteiger charge is 2.45. The number of hydrogen-bond acceptors (Lipinski definition) is 3. The van der Waals surface area contributed by atoms with Gasteiger partial charge in [0.2, 0.25) is 0 Å². The SMILES string of the molecule is C=CC1CC(C=C)C2CC(S(=O)(=O)CO)=CC12. The Labute approximate surface area is 102 Å². The molecule has 0 spiro atoms. The van der Waals surface area contributed by atoms with Crippen LogP contribution in [0.4, 0.5) is 0 Å². The van der Waals surface area contributed by atoms with Crippen LogP contribution in [0.25, 0.3) is 0 Å². The molecular formula is C13H18O3S. The molecule has 0 radical (unpaired) electrons. The van der Waals surface area contributed by atoms with E-state index in [1.54, 1.807) is 0 Å². The summed E-state index contributed by atoms with van der Waals surface area (Å²) in [5.41, 5.74) is 0. The monoisotopic (exact) mass is 254 g/mol. The zero-order valence-corrected chi connectivity index (χ0v) is 10.6. The number of sulfone groups is 1. The van der Waals surface area contributed by atoms with Gasteiger partial charge >= 0.3 is 0 Å². The van der Waals surface area contributed by atoms with Gasteiger partial charge in [0, 0.05) is 4.91 Å². The fourth-order valence-corrected chi connectivity index (χ4v) is 4.11. The second-order valence-electron chi connectivity index (χ2n) is 4.86. The van der Waals surface area contributed by atoms with E-state index in [-0.39, 0.29) is 5.92 Å². The van der Waals surface area contributed by atoms with Crippen molar-refractivity contribution in [1.82, 2.24) is 0 Å². The minimum absolute atomic E-state index is 0.242. The largest absolute Gasteiger partial charge is 0.380 e. The van der Waals surface area contributed by atoms with Gasteiger partial charge in [-0.25, -0.2) is 8.42 Å². The van der Waals surface area contributed by atoms with Gasteiger partial charge in [-0.2, -0.15) is 0 Å². The van der Waals surface area contributed by atoms with Crippen molar-refractivity contribution in [1.29, 1.82) is 0 Å². The van der Waals surface area contributed by atoms with Crippen molar-refractivity contribution in [3.05, 3.63) is 36.3 Å². The number of fused-ring (bicyclic) bond motifs is 1. The molecule has 0 saturated heterocycles. The lowest BCUT2D eigenvalue weighted by molar-refractivity contribution is 0.359. The summed E-state index contributed by atoms with van der Waals surface area (Å²) < 4.78 is 23.3. The smallest absolute Gasteiger partial charge is 0.197 e. The molecule has 4 atom stereocenters. The quantitative estimate of drug-likeness (QED) is 0.779. The highest BCUT2D eigenvalue weighted by molar-refractivity contribution is 7.95. The lowest BCUT2D eigenvalue weighted by Gasteiger charge is -2.15. The van der Waals surface area contributed by atoms with Crippen LogP contribution in [0.15, 0.2) is 36.3 Å². The first kappa shape index (κ1) is 12.6. The van der Waals surface area contributed by atoms with E-state index in [0.29, 0.717) is 29.1 Å². The van der Waals surface area contributed by atoms with Crippen LogP contribution in [-0.2, 0) is 9.84 Å². The molecule has 0 aromatic rings. The topological polar surface area (TPSA) is 54.4 Å². The van der Waals surface area contributed by atoms with Crippen molar-refractivity contribution in [2.45, 2.75) is 12.8 Å². The number of aliphatic hydroxyl groups is 1. The molecule has 1 fully saturated rings. The van der Waals surface area contributed by atoms with Crippen molar-refractivity contribution in [2.75, 3.05) is 5.94 Å².